The molecule has 0 fully saturated rings. The van der Waals surface area contributed by atoms with Crippen LogP contribution in [0, 0.1) is 6.92 Å². The summed E-state index contributed by atoms with van der Waals surface area (Å²) in [6.45, 7) is 1.95. The van der Waals surface area contributed by atoms with Crippen LogP contribution in [0.5, 0.6) is 0 Å². The molecule has 2 aromatic rings. The number of aryl methyl sites for hydroxylation is 1. The van der Waals surface area contributed by atoms with Gasteiger partial charge in [0.15, 0.2) is 0 Å². The van der Waals surface area contributed by atoms with Crippen molar-refractivity contribution in [1.82, 2.24) is 0 Å². The van der Waals surface area contributed by atoms with Crippen molar-refractivity contribution in [3.63, 3.8) is 0 Å². The first-order valence-electron chi connectivity index (χ1n) is 6.16. The van der Waals surface area contributed by atoms with Gasteiger partial charge in [0.2, 0.25) is 0 Å². The third-order valence-electron chi connectivity index (χ3n) is 3.39. The van der Waals surface area contributed by atoms with Crippen LogP contribution in [-0.4, -0.2) is 11.8 Å². The lowest BCUT2D eigenvalue weighted by molar-refractivity contribution is 0.0925. The fourth-order valence-corrected chi connectivity index (χ4v) is 4.73. The standard InChI is InChI=1S/C15H7Br4NO2/c1-6-2-4-7(5-3-6)20-14(21)8-9(15(20)22)11(17)13(19)12(18)10(8)16/h2-5H,1H3. The Morgan fingerprint density at radius 2 is 1.14 bits per heavy atom. The van der Waals surface area contributed by atoms with E-state index in [1.165, 1.54) is 4.90 Å². The monoisotopic (exact) mass is 549 g/mol. The number of amides is 2. The van der Waals surface area contributed by atoms with Gasteiger partial charge in [-0.2, -0.15) is 0 Å². The number of hydrogen-bond acceptors (Lipinski definition) is 2. The average molecular weight is 553 g/mol. The minimum Gasteiger partial charge on any atom is -0.268 e. The first kappa shape index (κ1) is 16.4. The third kappa shape index (κ3) is 2.33. The Balaban J connectivity index is 2.23. The smallest absolute Gasteiger partial charge is 0.267 e. The molecule has 0 atom stereocenters. The molecule has 0 unspecified atom stereocenters. The number of nitrogens with zero attached hydrogens (tertiary/aromatic N) is 1. The van der Waals surface area contributed by atoms with Crippen LogP contribution in [0.2, 0.25) is 0 Å². The number of benzene rings is 2. The predicted molar refractivity (Wildman–Crippen MR) is 99.6 cm³/mol. The Morgan fingerprint density at radius 3 is 1.55 bits per heavy atom. The number of fused-ring (bicyclic) bond motifs is 1. The topological polar surface area (TPSA) is 37.4 Å². The lowest BCUT2D eigenvalue weighted by atomic mass is 10.1. The molecule has 0 bridgehead atoms. The molecule has 0 saturated heterocycles. The Kier molecular flexibility index (Phi) is 4.35. The van der Waals surface area contributed by atoms with Gasteiger partial charge in [-0.3, -0.25) is 9.59 Å². The number of rotatable bonds is 1. The molecule has 0 spiro atoms. The summed E-state index contributed by atoms with van der Waals surface area (Å²) in [5.41, 5.74) is 2.33. The molecule has 0 N–H and O–H groups in total. The molecular weight excluding hydrogens is 546 g/mol. The van der Waals surface area contributed by atoms with E-state index in [1.807, 2.05) is 19.1 Å². The van der Waals surface area contributed by atoms with Gasteiger partial charge in [-0.15, -0.1) is 0 Å². The summed E-state index contributed by atoms with van der Waals surface area (Å²) in [5, 5.41) is 0. The van der Waals surface area contributed by atoms with E-state index in [2.05, 4.69) is 63.7 Å². The summed E-state index contributed by atoms with van der Waals surface area (Å²) >= 11 is 13.6. The lowest BCUT2D eigenvalue weighted by Crippen LogP contribution is -2.29. The number of hydrogen-bond donors (Lipinski definition) is 0. The molecule has 0 aliphatic carbocycles. The van der Waals surface area contributed by atoms with Gasteiger partial charge in [-0.25, -0.2) is 4.90 Å². The van der Waals surface area contributed by atoms with E-state index < -0.39 is 0 Å². The summed E-state index contributed by atoms with van der Waals surface area (Å²) in [5.74, 6) is -0.686. The minimum absolute atomic E-state index is 0.343. The Bertz CT molecular complexity index is 784. The Labute approximate surface area is 160 Å². The molecule has 1 heterocycles. The van der Waals surface area contributed by atoms with Gasteiger partial charge >= 0.3 is 0 Å². The van der Waals surface area contributed by atoms with E-state index in [0.717, 1.165) is 5.56 Å². The van der Waals surface area contributed by atoms with Gasteiger partial charge in [0.05, 0.1) is 16.8 Å². The molecule has 3 nitrogen and oxygen atoms in total. The molecule has 2 amide bonds. The van der Waals surface area contributed by atoms with E-state index in [9.17, 15) is 9.59 Å². The SMILES string of the molecule is Cc1ccc(N2C(=O)c3c(Br)c(Br)c(Br)c(Br)c3C2=O)cc1. The molecule has 2 aromatic carbocycles. The molecule has 7 heteroatoms. The average Bonchev–Trinajstić information content (AvgIpc) is 2.75. The number of halogens is 4. The summed E-state index contributed by atoms with van der Waals surface area (Å²) < 4.78 is 2.49. The van der Waals surface area contributed by atoms with E-state index in [4.69, 9.17) is 0 Å². The van der Waals surface area contributed by atoms with Crippen molar-refractivity contribution in [3.8, 4) is 0 Å². The Morgan fingerprint density at radius 1 is 0.727 bits per heavy atom. The minimum atomic E-state index is -0.343. The highest BCUT2D eigenvalue weighted by Gasteiger charge is 2.41. The van der Waals surface area contributed by atoms with E-state index in [-0.39, 0.29) is 11.8 Å². The molecular formula is C15H7Br4NO2. The van der Waals surface area contributed by atoms with Crippen molar-refractivity contribution in [2.24, 2.45) is 0 Å². The molecule has 1 aliphatic rings. The van der Waals surface area contributed by atoms with Crippen LogP contribution in [-0.2, 0) is 0 Å². The lowest BCUT2D eigenvalue weighted by Gasteiger charge is -2.14. The highest BCUT2D eigenvalue weighted by molar-refractivity contribution is 9.15. The number of carbonyl (C=O) groups excluding carboxylic acids is 2. The van der Waals surface area contributed by atoms with E-state index >= 15 is 0 Å². The molecule has 22 heavy (non-hydrogen) atoms. The summed E-state index contributed by atoms with van der Waals surface area (Å²) in [6, 6.07) is 7.27. The quantitative estimate of drug-likeness (QED) is 0.253. The fourth-order valence-electron chi connectivity index (χ4n) is 2.28. The van der Waals surface area contributed by atoms with E-state index in [1.54, 1.807) is 12.1 Å². The van der Waals surface area contributed by atoms with Crippen LogP contribution >= 0.6 is 63.7 Å². The van der Waals surface area contributed by atoms with Crippen molar-refractivity contribution in [2.45, 2.75) is 6.92 Å². The highest BCUT2D eigenvalue weighted by Crippen LogP contribution is 2.46. The molecule has 3 rings (SSSR count). The van der Waals surface area contributed by atoms with Gasteiger partial charge in [-0.1, -0.05) is 17.7 Å². The van der Waals surface area contributed by atoms with Crippen LogP contribution in [0.4, 0.5) is 5.69 Å². The van der Waals surface area contributed by atoms with Gasteiger partial charge in [0.25, 0.3) is 11.8 Å². The predicted octanol–water partition coefficient (Wildman–Crippen LogP) is 5.85. The maximum absolute atomic E-state index is 12.7. The van der Waals surface area contributed by atoms with Gasteiger partial charge in [0, 0.05) is 17.9 Å². The van der Waals surface area contributed by atoms with Crippen LogP contribution in [0.3, 0.4) is 0 Å². The van der Waals surface area contributed by atoms with Crippen LogP contribution in [0.25, 0.3) is 0 Å². The number of imide groups is 1. The summed E-state index contributed by atoms with van der Waals surface area (Å²) in [7, 11) is 0. The van der Waals surface area contributed by atoms with Crippen molar-refractivity contribution in [1.29, 1.82) is 0 Å². The van der Waals surface area contributed by atoms with Crippen LogP contribution < -0.4 is 4.90 Å². The second kappa shape index (κ2) is 5.85. The van der Waals surface area contributed by atoms with Gasteiger partial charge in [-0.05, 0) is 82.8 Å². The van der Waals surface area contributed by atoms with Crippen LogP contribution in [0.1, 0.15) is 26.3 Å². The number of carbonyl (C=O) groups is 2. The van der Waals surface area contributed by atoms with Gasteiger partial charge in [0.1, 0.15) is 0 Å². The number of anilines is 1. The van der Waals surface area contributed by atoms with Crippen molar-refractivity contribution in [2.75, 3.05) is 4.90 Å². The van der Waals surface area contributed by atoms with Gasteiger partial charge < -0.3 is 0 Å². The molecule has 0 radical (unpaired) electrons. The zero-order valence-corrected chi connectivity index (χ0v) is 17.4. The molecule has 0 saturated carbocycles. The summed E-state index contributed by atoms with van der Waals surface area (Å²) in [4.78, 5) is 26.7. The maximum atomic E-state index is 12.7. The fraction of sp³-hybridized carbons (Fsp3) is 0.0667. The third-order valence-corrected chi connectivity index (χ3v) is 8.16. The zero-order valence-electron chi connectivity index (χ0n) is 11.1. The zero-order chi connectivity index (χ0) is 16.2. The first-order chi connectivity index (χ1) is 10.3. The molecule has 1 aliphatic heterocycles. The Hall–Kier alpha value is -0.500. The first-order valence-corrected chi connectivity index (χ1v) is 9.33. The van der Waals surface area contributed by atoms with Crippen LogP contribution in [0.15, 0.2) is 42.2 Å². The second-order valence-electron chi connectivity index (χ2n) is 4.79. The largest absolute Gasteiger partial charge is 0.268 e. The van der Waals surface area contributed by atoms with Crippen molar-refractivity contribution in [3.05, 3.63) is 58.8 Å². The van der Waals surface area contributed by atoms with Crippen molar-refractivity contribution >= 4 is 81.2 Å². The second-order valence-corrected chi connectivity index (χ2v) is 7.96. The highest BCUT2D eigenvalue weighted by atomic mass is 79.9. The normalized spacial score (nSPS) is 13.8. The van der Waals surface area contributed by atoms with E-state index in [0.29, 0.717) is 34.7 Å². The molecule has 0 aromatic heterocycles. The summed E-state index contributed by atoms with van der Waals surface area (Å²) in [6.07, 6.45) is 0. The van der Waals surface area contributed by atoms with Crippen molar-refractivity contribution < 1.29 is 9.59 Å². The molecule has 112 valence electrons. The maximum Gasteiger partial charge on any atom is 0.267 e.